The summed E-state index contributed by atoms with van der Waals surface area (Å²) in [7, 11) is 1.25. The van der Waals surface area contributed by atoms with Gasteiger partial charge in [0.2, 0.25) is 0 Å². The number of ether oxygens (including phenoxy) is 5. The van der Waals surface area contributed by atoms with E-state index in [2.05, 4.69) is 14.2 Å². The number of cyclic esters (lactones) is 2. The molecule has 3 heterocycles. The molecule has 0 radical (unpaired) electrons. The molecule has 0 aliphatic carbocycles. The molecule has 3 fully saturated rings. The molecule has 3 rings (SSSR count). The third-order valence-electron chi connectivity index (χ3n) is 6.04. The molecular formula is C29H46N2O13. The maximum absolute atomic E-state index is 11.8. The van der Waals surface area contributed by atoms with Gasteiger partial charge in [-0.1, -0.05) is 0 Å². The Labute approximate surface area is 257 Å². The first-order valence-electron chi connectivity index (χ1n) is 14.2. The van der Waals surface area contributed by atoms with Gasteiger partial charge in [-0.15, -0.1) is 0 Å². The van der Waals surface area contributed by atoms with Crippen molar-refractivity contribution in [1.29, 1.82) is 0 Å². The number of hydrogen-bond donors (Lipinski definition) is 1. The number of methoxy groups -OCH3 is 1. The van der Waals surface area contributed by atoms with Gasteiger partial charge in [-0.05, 0) is 54.4 Å². The van der Waals surface area contributed by atoms with Crippen LogP contribution < -0.4 is 0 Å². The van der Waals surface area contributed by atoms with E-state index in [1.54, 1.807) is 41.5 Å². The lowest BCUT2D eigenvalue weighted by Gasteiger charge is -2.28. The van der Waals surface area contributed by atoms with Crippen LogP contribution in [0.15, 0.2) is 0 Å². The zero-order valence-corrected chi connectivity index (χ0v) is 27.1. The highest BCUT2D eigenvalue weighted by Crippen LogP contribution is 2.22. The van der Waals surface area contributed by atoms with Crippen molar-refractivity contribution in [2.24, 2.45) is 11.8 Å². The molecule has 2 atom stereocenters. The average molecular weight is 631 g/mol. The predicted octanol–water partition coefficient (Wildman–Crippen LogP) is 2.92. The molecule has 0 aromatic rings. The Morgan fingerprint density at radius 1 is 0.818 bits per heavy atom. The molecule has 2 unspecified atom stereocenters. The van der Waals surface area contributed by atoms with Crippen molar-refractivity contribution in [2.45, 2.75) is 98.1 Å². The molecule has 3 aliphatic rings. The van der Waals surface area contributed by atoms with Crippen LogP contribution in [0.5, 0.6) is 0 Å². The van der Waals surface area contributed by atoms with Crippen LogP contribution in [0.1, 0.15) is 81.1 Å². The zero-order valence-electron chi connectivity index (χ0n) is 27.1. The van der Waals surface area contributed by atoms with E-state index in [9.17, 15) is 33.6 Å². The summed E-state index contributed by atoms with van der Waals surface area (Å²) in [5.41, 5.74) is -1.08. The number of aliphatic carboxylic acids is 1. The summed E-state index contributed by atoms with van der Waals surface area (Å²) in [6.45, 7) is 15.3. The van der Waals surface area contributed by atoms with Crippen molar-refractivity contribution in [3.63, 3.8) is 0 Å². The average Bonchev–Trinajstić information content (AvgIpc) is 3.52. The molecule has 44 heavy (non-hydrogen) atoms. The Morgan fingerprint density at radius 2 is 1.23 bits per heavy atom. The Bertz CT molecular complexity index is 1070. The van der Waals surface area contributed by atoms with Crippen LogP contribution in [-0.2, 0) is 47.7 Å². The van der Waals surface area contributed by atoms with Gasteiger partial charge < -0.3 is 38.6 Å². The number of carboxylic acids is 1. The van der Waals surface area contributed by atoms with E-state index in [0.717, 1.165) is 0 Å². The van der Waals surface area contributed by atoms with Crippen LogP contribution in [0.2, 0.25) is 0 Å². The first-order chi connectivity index (χ1) is 20.0. The summed E-state index contributed by atoms with van der Waals surface area (Å²) in [6.07, 6.45) is -0.275. The lowest BCUT2D eigenvalue weighted by atomic mass is 10.0. The van der Waals surface area contributed by atoms with Gasteiger partial charge >= 0.3 is 36.1 Å². The fourth-order valence-corrected chi connectivity index (χ4v) is 4.09. The summed E-state index contributed by atoms with van der Waals surface area (Å²) < 4.78 is 24.2. The molecule has 3 aliphatic heterocycles. The van der Waals surface area contributed by atoms with E-state index in [0.29, 0.717) is 32.5 Å². The van der Waals surface area contributed by atoms with Crippen LogP contribution in [-0.4, -0.2) is 107 Å². The SMILES string of the molecule is CC(C)(C)OC(=O)N1CCC(C(=O)O)C1.CC1(C)OC(=O)CC(=O)O1.COC(=O)CC(=O)C1CCN(C(=O)OC(C)(C)C)C1. The van der Waals surface area contributed by atoms with Crippen LogP contribution in [0.3, 0.4) is 0 Å². The molecule has 0 aromatic carbocycles. The second-order valence-electron chi connectivity index (χ2n) is 12.9. The van der Waals surface area contributed by atoms with E-state index in [1.807, 2.05) is 0 Å². The van der Waals surface area contributed by atoms with Crippen LogP contribution in [0.4, 0.5) is 9.59 Å². The molecule has 3 saturated heterocycles. The molecule has 15 nitrogen and oxygen atoms in total. The van der Waals surface area contributed by atoms with E-state index < -0.39 is 59.0 Å². The number of Topliss-reactive ketones (excluding diaryl/α,β-unsaturated/α-hetero) is 1. The Balaban J connectivity index is 0.000000346. The predicted molar refractivity (Wildman–Crippen MR) is 152 cm³/mol. The smallest absolute Gasteiger partial charge is 0.410 e. The normalized spacial score (nSPS) is 20.9. The van der Waals surface area contributed by atoms with Gasteiger partial charge in [0, 0.05) is 45.9 Å². The maximum atomic E-state index is 11.8. The zero-order chi connectivity index (χ0) is 34.0. The molecule has 0 spiro atoms. The Morgan fingerprint density at radius 3 is 1.57 bits per heavy atom. The van der Waals surface area contributed by atoms with Gasteiger partial charge in [0.15, 0.2) is 0 Å². The highest BCUT2D eigenvalue weighted by molar-refractivity contribution is 5.97. The highest BCUT2D eigenvalue weighted by atomic mass is 16.7. The molecule has 250 valence electrons. The van der Waals surface area contributed by atoms with Gasteiger partial charge in [0.1, 0.15) is 29.8 Å². The summed E-state index contributed by atoms with van der Waals surface area (Å²) in [6, 6.07) is 0. The number of ketones is 1. The number of carboxylic acid groups (broad SMARTS) is 1. The molecule has 2 amide bonds. The summed E-state index contributed by atoms with van der Waals surface area (Å²) in [5, 5.41) is 8.77. The maximum Gasteiger partial charge on any atom is 0.410 e. The van der Waals surface area contributed by atoms with E-state index in [4.69, 9.17) is 14.6 Å². The van der Waals surface area contributed by atoms with E-state index in [-0.39, 0.29) is 31.1 Å². The molecule has 15 heteroatoms. The van der Waals surface area contributed by atoms with Gasteiger partial charge in [-0.25, -0.2) is 9.59 Å². The van der Waals surface area contributed by atoms with Crippen molar-refractivity contribution in [2.75, 3.05) is 33.3 Å². The largest absolute Gasteiger partial charge is 0.481 e. The topological polar surface area (TPSA) is 192 Å². The lowest BCUT2D eigenvalue weighted by molar-refractivity contribution is -0.231. The number of carbonyl (C=O) groups excluding carboxylic acids is 6. The molecule has 0 bridgehead atoms. The van der Waals surface area contributed by atoms with Crippen LogP contribution in [0, 0.1) is 11.8 Å². The second-order valence-corrected chi connectivity index (χ2v) is 12.9. The third kappa shape index (κ3) is 14.5. The number of nitrogens with zero attached hydrogens (tertiary/aromatic N) is 2. The third-order valence-corrected chi connectivity index (χ3v) is 6.04. The van der Waals surface area contributed by atoms with E-state index in [1.165, 1.54) is 30.8 Å². The minimum Gasteiger partial charge on any atom is -0.481 e. The Hall–Kier alpha value is -3.91. The van der Waals surface area contributed by atoms with Crippen molar-refractivity contribution >= 4 is 41.8 Å². The fourth-order valence-electron chi connectivity index (χ4n) is 4.09. The van der Waals surface area contributed by atoms with Crippen LogP contribution in [0.25, 0.3) is 0 Å². The number of hydrogen-bond acceptors (Lipinski definition) is 12. The summed E-state index contributed by atoms with van der Waals surface area (Å²) >= 11 is 0. The molecule has 0 saturated carbocycles. The minimum atomic E-state index is -1.08. The van der Waals surface area contributed by atoms with Gasteiger partial charge in [0.05, 0.1) is 13.0 Å². The minimum absolute atomic E-state index is 0.182. The number of esters is 3. The summed E-state index contributed by atoms with van der Waals surface area (Å²) in [4.78, 5) is 80.9. The van der Waals surface area contributed by atoms with Gasteiger partial charge in [-0.3, -0.25) is 24.0 Å². The van der Waals surface area contributed by atoms with E-state index >= 15 is 0 Å². The second kappa shape index (κ2) is 15.7. The first kappa shape index (κ1) is 38.1. The van der Waals surface area contributed by atoms with Crippen LogP contribution >= 0.6 is 0 Å². The molecule has 0 aromatic heterocycles. The van der Waals surface area contributed by atoms with Gasteiger partial charge in [0.25, 0.3) is 5.79 Å². The van der Waals surface area contributed by atoms with Crippen molar-refractivity contribution in [1.82, 2.24) is 9.80 Å². The standard InChI is InChI=1S/C13H21NO5.C10H17NO4.C6H8O4/c1-13(2,3)19-12(17)14-6-5-9(8-14)10(15)7-11(16)18-4;1-10(2,3)15-9(14)11-5-4-7(6-11)8(12)13;1-6(2)9-4(7)3-5(8)10-6/h9H,5-8H2,1-4H3;7H,4-6H2,1-3H3,(H,12,13);3H2,1-2H3. The molecular weight excluding hydrogens is 584 g/mol. The number of rotatable bonds is 4. The first-order valence-corrected chi connectivity index (χ1v) is 14.2. The molecule has 1 N–H and O–H groups in total. The Kier molecular flexibility index (Phi) is 13.6. The van der Waals surface area contributed by atoms with Crippen molar-refractivity contribution in [3.05, 3.63) is 0 Å². The lowest BCUT2D eigenvalue weighted by Crippen LogP contribution is -2.39. The number of likely N-dealkylation sites (tertiary alicyclic amines) is 2. The highest BCUT2D eigenvalue weighted by Gasteiger charge is 2.35. The monoisotopic (exact) mass is 630 g/mol. The number of carbonyl (C=O) groups is 7. The summed E-state index contributed by atoms with van der Waals surface area (Å²) in [5.74, 6) is -4.45. The fraction of sp³-hybridized carbons (Fsp3) is 0.759. The van der Waals surface area contributed by atoms with Crippen molar-refractivity contribution < 1.29 is 62.4 Å². The van der Waals surface area contributed by atoms with Crippen molar-refractivity contribution in [3.8, 4) is 0 Å². The quantitative estimate of drug-likeness (QED) is 0.271. The number of amides is 2. The van der Waals surface area contributed by atoms with Gasteiger partial charge in [-0.2, -0.15) is 0 Å².